The highest BCUT2D eigenvalue weighted by Crippen LogP contribution is 2.46. The van der Waals surface area contributed by atoms with Crippen LogP contribution in [0.25, 0.3) is 22.3 Å². The van der Waals surface area contributed by atoms with Gasteiger partial charge in [-0.05, 0) is 55.0 Å². The van der Waals surface area contributed by atoms with Gasteiger partial charge in [0.05, 0.1) is 35.1 Å². The summed E-state index contributed by atoms with van der Waals surface area (Å²) in [6.07, 6.45) is 1.56. The number of halogens is 2. The molecule has 5 heterocycles. The Morgan fingerprint density at radius 3 is 2.81 bits per heavy atom. The van der Waals surface area contributed by atoms with Crippen molar-refractivity contribution in [1.82, 2.24) is 19.9 Å². The molecule has 3 aliphatic rings. The molecule has 43 heavy (non-hydrogen) atoms. The van der Waals surface area contributed by atoms with Crippen molar-refractivity contribution in [1.29, 1.82) is 0 Å². The molecular formula is C32H28F2N4O5. The van der Waals surface area contributed by atoms with Gasteiger partial charge < -0.3 is 24.8 Å². The molecule has 3 aromatic heterocycles. The molecule has 0 fully saturated rings. The first-order valence-electron chi connectivity index (χ1n) is 14.1. The SMILES string of the molecule is C=C1OCc2c(cc3n(c2=O)Cc2c-3nc3cc(F)c(C)c4c3c2[C@@H](NC(=O)C(O)c2cnccc2F)CC4)[C@@]1(O)CC. The zero-order valence-electron chi connectivity index (χ0n) is 23.5. The Bertz CT molecular complexity index is 1970. The monoisotopic (exact) mass is 586 g/mol. The van der Waals surface area contributed by atoms with Gasteiger partial charge in [0.15, 0.2) is 6.10 Å². The first-order valence-corrected chi connectivity index (χ1v) is 14.1. The first-order chi connectivity index (χ1) is 20.5. The summed E-state index contributed by atoms with van der Waals surface area (Å²) in [6, 6.07) is 3.49. The molecule has 2 aliphatic heterocycles. The van der Waals surface area contributed by atoms with Crippen molar-refractivity contribution in [2.45, 2.75) is 64.0 Å². The standard InChI is InChI=1S/C32H28F2N4O5/c1-4-32(42)15(3)43-13-19-20(32)9-25-28-18(12-38(25)31(19)41)27-23(37-30(40)29(39)17-11-35-8-7-21(17)33)6-5-16-14(2)22(34)10-24(36-28)26(16)27/h7-11,23,29,39,42H,3-6,12-13H2,1-2H3,(H,37,40)/t23-,29?,32+/m0/s1. The number of ether oxygens (including phenoxy) is 1. The summed E-state index contributed by atoms with van der Waals surface area (Å²) in [5, 5.41) is 25.7. The van der Waals surface area contributed by atoms with Crippen LogP contribution in [0, 0.1) is 18.6 Å². The van der Waals surface area contributed by atoms with Crippen molar-refractivity contribution in [3.63, 3.8) is 0 Å². The summed E-state index contributed by atoms with van der Waals surface area (Å²) in [5.41, 5.74) is 2.38. The first kappa shape index (κ1) is 27.4. The van der Waals surface area contributed by atoms with Gasteiger partial charge in [0.1, 0.15) is 29.6 Å². The Morgan fingerprint density at radius 1 is 1.28 bits per heavy atom. The van der Waals surface area contributed by atoms with Gasteiger partial charge in [-0.3, -0.25) is 14.6 Å². The number of benzene rings is 1. The highest BCUT2D eigenvalue weighted by atomic mass is 19.1. The molecule has 4 aromatic rings. The molecule has 11 heteroatoms. The highest BCUT2D eigenvalue weighted by molar-refractivity contribution is 5.94. The quantitative estimate of drug-likeness (QED) is 0.292. The van der Waals surface area contributed by atoms with Crippen LogP contribution in [-0.4, -0.2) is 30.7 Å². The minimum atomic E-state index is -1.80. The lowest BCUT2D eigenvalue weighted by Gasteiger charge is -2.35. The summed E-state index contributed by atoms with van der Waals surface area (Å²) in [4.78, 5) is 35.7. The minimum absolute atomic E-state index is 0.0375. The second kappa shape index (κ2) is 9.51. The molecule has 3 N–H and O–H groups in total. The van der Waals surface area contributed by atoms with Crippen LogP contribution in [0.15, 0.2) is 47.7 Å². The van der Waals surface area contributed by atoms with Gasteiger partial charge in [-0.15, -0.1) is 0 Å². The molecule has 1 unspecified atom stereocenters. The Labute approximate surface area is 244 Å². The molecule has 0 saturated heterocycles. The number of carbonyl (C=O) groups excluding carboxylic acids is 1. The fourth-order valence-corrected chi connectivity index (χ4v) is 6.80. The summed E-state index contributed by atoms with van der Waals surface area (Å²) >= 11 is 0. The Morgan fingerprint density at radius 2 is 2.07 bits per heavy atom. The Hall–Kier alpha value is -4.48. The lowest BCUT2D eigenvalue weighted by molar-refractivity contribution is -0.130. The van der Waals surface area contributed by atoms with E-state index in [-0.39, 0.29) is 36.5 Å². The van der Waals surface area contributed by atoms with E-state index in [1.54, 1.807) is 24.5 Å². The number of nitrogens with zero attached hydrogens (tertiary/aromatic N) is 3. The number of carbonyl (C=O) groups is 1. The van der Waals surface area contributed by atoms with Crippen LogP contribution >= 0.6 is 0 Å². The van der Waals surface area contributed by atoms with E-state index in [4.69, 9.17) is 9.72 Å². The number of aliphatic hydroxyl groups excluding tert-OH is 1. The van der Waals surface area contributed by atoms with Gasteiger partial charge in [0.2, 0.25) is 0 Å². The third kappa shape index (κ3) is 3.81. The summed E-state index contributed by atoms with van der Waals surface area (Å²) in [7, 11) is 0. The van der Waals surface area contributed by atoms with Crippen LogP contribution in [0.4, 0.5) is 8.78 Å². The van der Waals surface area contributed by atoms with Crippen molar-refractivity contribution in [2.75, 3.05) is 0 Å². The van der Waals surface area contributed by atoms with Gasteiger partial charge >= 0.3 is 0 Å². The van der Waals surface area contributed by atoms with Crippen molar-refractivity contribution >= 4 is 16.8 Å². The predicted octanol–water partition coefficient (Wildman–Crippen LogP) is 3.89. The lowest BCUT2D eigenvalue weighted by atomic mass is 9.81. The van der Waals surface area contributed by atoms with E-state index in [1.165, 1.54) is 12.3 Å². The molecule has 1 aliphatic carbocycles. The number of aromatic nitrogens is 3. The molecule has 0 saturated carbocycles. The number of pyridine rings is 3. The summed E-state index contributed by atoms with van der Waals surface area (Å²) in [6.45, 7) is 7.41. The van der Waals surface area contributed by atoms with Crippen molar-refractivity contribution < 1.29 is 28.5 Å². The van der Waals surface area contributed by atoms with Crippen LogP contribution in [0.2, 0.25) is 0 Å². The van der Waals surface area contributed by atoms with Crippen molar-refractivity contribution in [3.8, 4) is 11.4 Å². The molecular weight excluding hydrogens is 558 g/mol. The van der Waals surface area contributed by atoms with Gasteiger partial charge in [-0.2, -0.15) is 0 Å². The van der Waals surface area contributed by atoms with E-state index in [1.807, 2.05) is 0 Å². The summed E-state index contributed by atoms with van der Waals surface area (Å²) < 4.78 is 36.6. The zero-order chi connectivity index (χ0) is 30.4. The fourth-order valence-electron chi connectivity index (χ4n) is 6.80. The van der Waals surface area contributed by atoms with Crippen molar-refractivity contribution in [3.05, 3.63) is 104 Å². The van der Waals surface area contributed by atoms with Crippen LogP contribution in [0.5, 0.6) is 0 Å². The van der Waals surface area contributed by atoms with Crippen LogP contribution in [0.3, 0.4) is 0 Å². The third-order valence-corrected chi connectivity index (χ3v) is 9.20. The normalized spacial score (nSPS) is 20.7. The van der Waals surface area contributed by atoms with E-state index >= 15 is 4.39 Å². The lowest BCUT2D eigenvalue weighted by Crippen LogP contribution is -2.38. The molecule has 3 atom stereocenters. The summed E-state index contributed by atoms with van der Waals surface area (Å²) in [5.74, 6) is -1.84. The van der Waals surface area contributed by atoms with E-state index < -0.39 is 35.3 Å². The molecule has 0 bridgehead atoms. The van der Waals surface area contributed by atoms with E-state index in [2.05, 4.69) is 16.9 Å². The number of aliphatic hydroxyl groups is 2. The maximum absolute atomic E-state index is 15.1. The molecule has 220 valence electrons. The fraction of sp³-hybridized carbons (Fsp3) is 0.312. The van der Waals surface area contributed by atoms with Gasteiger partial charge in [0.25, 0.3) is 11.5 Å². The van der Waals surface area contributed by atoms with Crippen molar-refractivity contribution in [2.24, 2.45) is 0 Å². The number of hydrogen-bond donors (Lipinski definition) is 3. The second-order valence-corrected chi connectivity index (χ2v) is 11.3. The highest BCUT2D eigenvalue weighted by Gasteiger charge is 2.42. The molecule has 0 radical (unpaired) electrons. The number of fused-ring (bicyclic) bond motifs is 5. The number of rotatable bonds is 4. The molecule has 9 nitrogen and oxygen atoms in total. The number of amides is 1. The van der Waals surface area contributed by atoms with E-state index in [0.717, 1.165) is 17.8 Å². The zero-order valence-corrected chi connectivity index (χ0v) is 23.5. The van der Waals surface area contributed by atoms with Gasteiger partial charge in [-0.25, -0.2) is 13.8 Å². The maximum Gasteiger partial charge on any atom is 0.258 e. The Balaban J connectivity index is 1.42. The molecule has 7 rings (SSSR count). The third-order valence-electron chi connectivity index (χ3n) is 9.20. The van der Waals surface area contributed by atoms with Crippen LogP contribution < -0.4 is 10.9 Å². The minimum Gasteiger partial charge on any atom is -0.490 e. The second-order valence-electron chi connectivity index (χ2n) is 11.3. The van der Waals surface area contributed by atoms with E-state index in [0.29, 0.717) is 62.9 Å². The van der Waals surface area contributed by atoms with Gasteiger partial charge in [0, 0.05) is 40.5 Å². The van der Waals surface area contributed by atoms with Crippen LogP contribution in [0.1, 0.15) is 70.9 Å². The number of aryl methyl sites for hydroxylation is 1. The largest absolute Gasteiger partial charge is 0.490 e. The smallest absolute Gasteiger partial charge is 0.258 e. The van der Waals surface area contributed by atoms with Crippen LogP contribution in [-0.2, 0) is 34.7 Å². The van der Waals surface area contributed by atoms with E-state index in [9.17, 15) is 24.2 Å². The average Bonchev–Trinajstić information content (AvgIpc) is 3.37. The predicted molar refractivity (Wildman–Crippen MR) is 152 cm³/mol. The number of nitrogens with one attached hydrogen (secondary N) is 1. The molecule has 0 spiro atoms. The van der Waals surface area contributed by atoms with Gasteiger partial charge in [-0.1, -0.05) is 13.5 Å². The average molecular weight is 587 g/mol. The Kier molecular flexibility index (Phi) is 6.05. The topological polar surface area (TPSA) is 127 Å². The molecule has 1 amide bonds. The maximum atomic E-state index is 15.1. The molecule has 1 aromatic carbocycles. The number of hydrogen-bond acceptors (Lipinski definition) is 7.